The molecule has 12 nitrogen and oxygen atoms in total. The predicted octanol–water partition coefficient (Wildman–Crippen LogP) is 2.13. The molecule has 4 aromatic heterocycles. The molecule has 0 aromatic carbocycles. The third-order valence-electron chi connectivity index (χ3n) is 6.13. The number of nitrogens with one attached hydrogen (secondary N) is 2. The van der Waals surface area contributed by atoms with Gasteiger partial charge in [-0.2, -0.15) is 5.10 Å². The number of anilines is 2. The summed E-state index contributed by atoms with van der Waals surface area (Å²) in [6.45, 7) is 7.41. The molecule has 1 aliphatic heterocycles. The normalized spacial score (nSPS) is 18.2. The maximum Gasteiger partial charge on any atom is 0.294 e. The van der Waals surface area contributed by atoms with E-state index in [2.05, 4.69) is 35.8 Å². The zero-order chi connectivity index (χ0) is 26.1. The summed E-state index contributed by atoms with van der Waals surface area (Å²) in [6, 6.07) is 5.41. The molecule has 1 aliphatic rings. The molecule has 192 valence electrons. The van der Waals surface area contributed by atoms with Crippen LogP contribution in [0, 0.1) is 6.92 Å². The van der Waals surface area contributed by atoms with Gasteiger partial charge >= 0.3 is 0 Å². The quantitative estimate of drug-likeness (QED) is 0.409. The van der Waals surface area contributed by atoms with E-state index in [0.717, 1.165) is 11.1 Å². The van der Waals surface area contributed by atoms with Crippen LogP contribution < -0.4 is 10.6 Å². The summed E-state index contributed by atoms with van der Waals surface area (Å²) in [6.07, 6.45) is 7.14. The number of fused-ring (bicyclic) bond motifs is 1. The number of ether oxygens (including phenoxy) is 1. The smallest absolute Gasteiger partial charge is 0.294 e. The minimum Gasteiger partial charge on any atom is -0.373 e. The lowest BCUT2D eigenvalue weighted by molar-refractivity contribution is -0.121. The Morgan fingerprint density at radius 1 is 1.08 bits per heavy atom. The van der Waals surface area contributed by atoms with Crippen molar-refractivity contribution in [1.29, 1.82) is 0 Å². The van der Waals surface area contributed by atoms with Crippen molar-refractivity contribution in [3.63, 3.8) is 0 Å². The molecular formula is C25H29N9O3. The second-order valence-corrected chi connectivity index (χ2v) is 9.38. The van der Waals surface area contributed by atoms with Gasteiger partial charge in [-0.15, -0.1) is 10.2 Å². The summed E-state index contributed by atoms with van der Waals surface area (Å²) in [5, 5.41) is 18.2. The van der Waals surface area contributed by atoms with Crippen LogP contribution in [0.1, 0.15) is 30.2 Å². The first-order valence-corrected chi connectivity index (χ1v) is 12.0. The molecule has 0 saturated carbocycles. The largest absolute Gasteiger partial charge is 0.373 e. The Hall–Kier alpha value is -4.16. The Labute approximate surface area is 213 Å². The second-order valence-electron chi connectivity index (χ2n) is 9.38. The van der Waals surface area contributed by atoms with Crippen molar-refractivity contribution in [3.05, 3.63) is 54.5 Å². The summed E-state index contributed by atoms with van der Waals surface area (Å²) in [5.74, 6) is -0.458. The van der Waals surface area contributed by atoms with E-state index in [-0.39, 0.29) is 30.5 Å². The standard InChI is InChI=1S/C25H29N9O3/c1-15-11-33(12-16(2)37-15)14-23(35)28-20-8-21(17(3)26-10-20)29-25(36)24-31-30-22-7-18(5-6-34(22)24)19-9-27-32(4)13-19/h5-10,13,15-16H,11-12,14H2,1-4H3,(H,28,35)(H,29,36). The summed E-state index contributed by atoms with van der Waals surface area (Å²) < 4.78 is 9.07. The van der Waals surface area contributed by atoms with Gasteiger partial charge in [0.15, 0.2) is 5.65 Å². The highest BCUT2D eigenvalue weighted by molar-refractivity contribution is 6.03. The molecule has 2 amide bonds. The van der Waals surface area contributed by atoms with Gasteiger partial charge in [-0.1, -0.05) is 0 Å². The van der Waals surface area contributed by atoms with Crippen LogP contribution in [0.15, 0.2) is 43.0 Å². The Bertz CT molecular complexity index is 1450. The van der Waals surface area contributed by atoms with Crippen molar-refractivity contribution < 1.29 is 14.3 Å². The fourth-order valence-electron chi connectivity index (χ4n) is 4.52. The van der Waals surface area contributed by atoms with E-state index in [1.165, 1.54) is 0 Å². The Kier molecular flexibility index (Phi) is 6.68. The van der Waals surface area contributed by atoms with E-state index in [1.807, 2.05) is 39.2 Å². The van der Waals surface area contributed by atoms with Gasteiger partial charge < -0.3 is 15.4 Å². The highest BCUT2D eigenvalue weighted by Gasteiger charge is 2.24. The van der Waals surface area contributed by atoms with Gasteiger partial charge in [0, 0.05) is 38.1 Å². The summed E-state index contributed by atoms with van der Waals surface area (Å²) in [5.41, 5.74) is 3.97. The van der Waals surface area contributed by atoms with Crippen molar-refractivity contribution in [1.82, 2.24) is 34.3 Å². The van der Waals surface area contributed by atoms with E-state index < -0.39 is 5.91 Å². The number of aryl methyl sites for hydroxylation is 2. The van der Waals surface area contributed by atoms with Crippen molar-refractivity contribution in [2.75, 3.05) is 30.3 Å². The van der Waals surface area contributed by atoms with Crippen molar-refractivity contribution in [2.24, 2.45) is 7.05 Å². The molecule has 4 aromatic rings. The van der Waals surface area contributed by atoms with Gasteiger partial charge in [0.25, 0.3) is 5.91 Å². The molecule has 1 fully saturated rings. The first kappa shape index (κ1) is 24.5. The third kappa shape index (κ3) is 5.49. The monoisotopic (exact) mass is 503 g/mol. The molecule has 2 unspecified atom stereocenters. The SMILES string of the molecule is Cc1ncc(NC(=O)CN2CC(C)OC(C)C2)cc1NC(=O)c1nnc2cc(-c3cnn(C)c3)ccn12. The molecule has 12 heteroatoms. The lowest BCUT2D eigenvalue weighted by Crippen LogP contribution is -2.48. The van der Waals surface area contributed by atoms with Crippen LogP contribution in [-0.2, 0) is 16.6 Å². The van der Waals surface area contributed by atoms with Crippen LogP contribution in [0.4, 0.5) is 11.4 Å². The highest BCUT2D eigenvalue weighted by Crippen LogP contribution is 2.22. The van der Waals surface area contributed by atoms with Crippen LogP contribution in [0.2, 0.25) is 0 Å². The van der Waals surface area contributed by atoms with E-state index >= 15 is 0 Å². The fraction of sp³-hybridized carbons (Fsp3) is 0.360. The zero-order valence-corrected chi connectivity index (χ0v) is 21.2. The molecule has 2 N–H and O–H groups in total. The lowest BCUT2D eigenvalue weighted by Gasteiger charge is -2.34. The minimum atomic E-state index is -0.439. The van der Waals surface area contributed by atoms with Gasteiger partial charge in [-0.05, 0) is 44.5 Å². The van der Waals surface area contributed by atoms with Gasteiger partial charge in [0.2, 0.25) is 11.7 Å². The molecule has 0 spiro atoms. The number of nitrogens with zero attached hydrogens (tertiary/aromatic N) is 7. The van der Waals surface area contributed by atoms with Crippen molar-refractivity contribution in [2.45, 2.75) is 33.0 Å². The van der Waals surface area contributed by atoms with Crippen LogP contribution in [0.5, 0.6) is 0 Å². The number of morpholine rings is 1. The lowest BCUT2D eigenvalue weighted by atomic mass is 10.1. The molecule has 37 heavy (non-hydrogen) atoms. The van der Waals surface area contributed by atoms with Crippen LogP contribution in [-0.4, -0.2) is 77.9 Å². The number of pyridine rings is 2. The molecule has 0 aliphatic carbocycles. The topological polar surface area (TPSA) is 132 Å². The highest BCUT2D eigenvalue weighted by atomic mass is 16.5. The van der Waals surface area contributed by atoms with Crippen LogP contribution in [0.3, 0.4) is 0 Å². The number of amides is 2. The minimum absolute atomic E-state index is 0.0783. The first-order chi connectivity index (χ1) is 17.7. The first-order valence-electron chi connectivity index (χ1n) is 12.0. The predicted molar refractivity (Wildman–Crippen MR) is 137 cm³/mol. The zero-order valence-electron chi connectivity index (χ0n) is 21.2. The Morgan fingerprint density at radius 2 is 1.86 bits per heavy atom. The van der Waals surface area contributed by atoms with Gasteiger partial charge in [0.1, 0.15) is 0 Å². The maximum absolute atomic E-state index is 13.1. The Morgan fingerprint density at radius 3 is 2.59 bits per heavy atom. The van der Waals surface area contributed by atoms with Gasteiger partial charge in [-0.25, -0.2) is 0 Å². The average Bonchev–Trinajstić information content (AvgIpc) is 3.46. The third-order valence-corrected chi connectivity index (χ3v) is 6.13. The summed E-state index contributed by atoms with van der Waals surface area (Å²) >= 11 is 0. The van der Waals surface area contributed by atoms with E-state index in [1.54, 1.807) is 40.7 Å². The molecule has 0 bridgehead atoms. The number of hydrogen-bond donors (Lipinski definition) is 2. The average molecular weight is 504 g/mol. The summed E-state index contributed by atoms with van der Waals surface area (Å²) in [4.78, 5) is 32.1. The van der Waals surface area contributed by atoms with Gasteiger partial charge in [-0.3, -0.25) is 28.6 Å². The molecule has 5 rings (SSSR count). The van der Waals surface area contributed by atoms with Crippen molar-refractivity contribution in [3.8, 4) is 11.1 Å². The van der Waals surface area contributed by atoms with E-state index in [0.29, 0.717) is 35.8 Å². The fourth-order valence-corrected chi connectivity index (χ4v) is 4.52. The Balaban J connectivity index is 1.28. The molecule has 1 saturated heterocycles. The van der Waals surface area contributed by atoms with Crippen molar-refractivity contribution >= 4 is 28.8 Å². The molecule has 5 heterocycles. The number of carbonyl (C=O) groups is 2. The van der Waals surface area contributed by atoms with Crippen LogP contribution in [0.25, 0.3) is 16.8 Å². The molecule has 0 radical (unpaired) electrons. The molecule has 2 atom stereocenters. The summed E-state index contributed by atoms with van der Waals surface area (Å²) in [7, 11) is 1.85. The molecular weight excluding hydrogens is 474 g/mol. The van der Waals surface area contributed by atoms with E-state index in [9.17, 15) is 9.59 Å². The van der Waals surface area contributed by atoms with E-state index in [4.69, 9.17) is 4.74 Å². The number of aromatic nitrogens is 6. The number of rotatable bonds is 6. The van der Waals surface area contributed by atoms with Gasteiger partial charge in [0.05, 0.1) is 48.2 Å². The van der Waals surface area contributed by atoms with Crippen LogP contribution >= 0.6 is 0 Å². The second kappa shape index (κ2) is 10.1. The maximum atomic E-state index is 13.1. The number of hydrogen-bond acceptors (Lipinski definition) is 8. The number of carbonyl (C=O) groups excluding carboxylic acids is 2.